The van der Waals surface area contributed by atoms with E-state index in [2.05, 4.69) is 24.9 Å². The molecular weight excluding hydrogens is 284 g/mol. The molecule has 0 atom stereocenters. The topological polar surface area (TPSA) is 101 Å². The second-order valence-electron chi connectivity index (χ2n) is 5.05. The van der Waals surface area contributed by atoms with Crippen LogP contribution in [0.5, 0.6) is 0 Å². The second kappa shape index (κ2) is 6.00. The van der Waals surface area contributed by atoms with Crippen molar-refractivity contribution < 1.29 is 9.32 Å². The number of piperazine rings is 1. The van der Waals surface area contributed by atoms with Crippen LogP contribution in [0, 0.1) is 0 Å². The summed E-state index contributed by atoms with van der Waals surface area (Å²) in [7, 11) is 0. The maximum Gasteiger partial charge on any atom is 0.266 e. The number of carbonyl (C=O) groups is 1. The van der Waals surface area contributed by atoms with Crippen molar-refractivity contribution in [1.29, 1.82) is 0 Å². The molecular formula is C14H18N6O2. The van der Waals surface area contributed by atoms with Gasteiger partial charge in [0, 0.05) is 38.8 Å². The van der Waals surface area contributed by atoms with Gasteiger partial charge in [0.15, 0.2) is 0 Å². The number of aromatic nitrogens is 3. The Morgan fingerprint density at radius 1 is 1.32 bits per heavy atom. The van der Waals surface area contributed by atoms with Crippen LogP contribution in [0.3, 0.4) is 0 Å². The quantitative estimate of drug-likeness (QED) is 0.875. The number of nitrogens with zero attached hydrogens (tertiary/aromatic N) is 5. The molecule has 0 bridgehead atoms. The number of amides is 1. The van der Waals surface area contributed by atoms with Gasteiger partial charge in [-0.1, -0.05) is 6.92 Å². The van der Waals surface area contributed by atoms with E-state index in [0.717, 1.165) is 19.5 Å². The first-order valence-corrected chi connectivity index (χ1v) is 7.26. The molecule has 8 heteroatoms. The number of anilines is 2. The minimum Gasteiger partial charge on any atom is -0.365 e. The predicted molar refractivity (Wildman–Crippen MR) is 80.9 cm³/mol. The van der Waals surface area contributed by atoms with Crippen molar-refractivity contribution in [2.75, 3.05) is 36.0 Å². The van der Waals surface area contributed by atoms with Crippen molar-refractivity contribution in [2.24, 2.45) is 5.73 Å². The molecule has 1 fully saturated rings. The number of hydrogen-bond donors (Lipinski definition) is 1. The van der Waals surface area contributed by atoms with Crippen molar-refractivity contribution in [3.8, 4) is 0 Å². The Hall–Kier alpha value is -2.64. The summed E-state index contributed by atoms with van der Waals surface area (Å²) in [6, 6.07) is 3.41. The number of rotatable bonds is 4. The monoisotopic (exact) mass is 302 g/mol. The molecule has 0 saturated carbocycles. The van der Waals surface area contributed by atoms with Gasteiger partial charge in [-0.05, 0) is 17.3 Å². The summed E-state index contributed by atoms with van der Waals surface area (Å²) in [5.41, 5.74) is 5.86. The molecule has 1 aliphatic rings. The molecule has 2 aromatic rings. The summed E-state index contributed by atoms with van der Waals surface area (Å²) >= 11 is 0. The van der Waals surface area contributed by atoms with E-state index < -0.39 is 5.91 Å². The third-order valence-corrected chi connectivity index (χ3v) is 3.67. The molecule has 1 saturated heterocycles. The predicted octanol–water partition coefficient (Wildman–Crippen LogP) is 0.453. The van der Waals surface area contributed by atoms with Gasteiger partial charge in [0.1, 0.15) is 5.82 Å². The van der Waals surface area contributed by atoms with Crippen molar-refractivity contribution in [1.82, 2.24) is 15.1 Å². The Kier molecular flexibility index (Phi) is 3.90. The van der Waals surface area contributed by atoms with Crippen LogP contribution >= 0.6 is 0 Å². The lowest BCUT2D eigenvalue weighted by atomic mass is 10.2. The van der Waals surface area contributed by atoms with Crippen LogP contribution in [0.4, 0.5) is 11.8 Å². The van der Waals surface area contributed by atoms with Crippen LogP contribution in [-0.2, 0) is 6.42 Å². The number of primary amides is 1. The first-order valence-electron chi connectivity index (χ1n) is 7.26. The summed E-state index contributed by atoms with van der Waals surface area (Å²) < 4.78 is 5.14. The molecule has 8 nitrogen and oxygen atoms in total. The second-order valence-corrected chi connectivity index (χ2v) is 5.05. The first kappa shape index (κ1) is 14.3. The summed E-state index contributed by atoms with van der Waals surface area (Å²) in [5.74, 6) is 1.43. The van der Waals surface area contributed by atoms with E-state index in [4.69, 9.17) is 10.3 Å². The molecule has 116 valence electrons. The van der Waals surface area contributed by atoms with Crippen molar-refractivity contribution in [2.45, 2.75) is 13.3 Å². The van der Waals surface area contributed by atoms with Crippen LogP contribution < -0.4 is 15.5 Å². The summed E-state index contributed by atoms with van der Waals surface area (Å²) in [6.07, 6.45) is 2.39. The van der Waals surface area contributed by atoms with Gasteiger partial charge in [-0.2, -0.15) is 4.98 Å². The maximum absolute atomic E-state index is 11.5. The Labute approximate surface area is 127 Å². The fourth-order valence-electron chi connectivity index (χ4n) is 2.48. The van der Waals surface area contributed by atoms with E-state index >= 15 is 0 Å². The molecule has 3 rings (SSSR count). The largest absolute Gasteiger partial charge is 0.365 e. The highest BCUT2D eigenvalue weighted by Gasteiger charge is 2.24. The van der Waals surface area contributed by atoms with Crippen LogP contribution in [-0.4, -0.2) is 47.2 Å². The van der Waals surface area contributed by atoms with Gasteiger partial charge >= 0.3 is 0 Å². The smallest absolute Gasteiger partial charge is 0.266 e. The molecule has 0 radical (unpaired) electrons. The van der Waals surface area contributed by atoms with Gasteiger partial charge in [-0.3, -0.25) is 4.79 Å². The highest BCUT2D eigenvalue weighted by Crippen LogP contribution is 2.20. The van der Waals surface area contributed by atoms with E-state index in [1.54, 1.807) is 18.3 Å². The van der Waals surface area contributed by atoms with Gasteiger partial charge in [0.05, 0.1) is 5.56 Å². The summed E-state index contributed by atoms with van der Waals surface area (Å²) in [5, 5.41) is 3.99. The first-order chi connectivity index (χ1) is 10.7. The third-order valence-electron chi connectivity index (χ3n) is 3.67. The van der Waals surface area contributed by atoms with Crippen molar-refractivity contribution in [3.05, 3.63) is 29.8 Å². The molecule has 22 heavy (non-hydrogen) atoms. The standard InChI is InChI=1S/C14H18N6O2/c1-2-11-17-14(18-22-11)20-8-6-19(7-9-20)13-10(12(15)21)4-3-5-16-13/h3-5H,2,6-9H2,1H3,(H2,15,21). The molecule has 1 amide bonds. The lowest BCUT2D eigenvalue weighted by Gasteiger charge is -2.35. The van der Waals surface area contributed by atoms with E-state index in [1.807, 2.05) is 6.92 Å². The van der Waals surface area contributed by atoms with Gasteiger partial charge in [-0.25, -0.2) is 4.98 Å². The number of nitrogens with two attached hydrogens (primary N) is 1. The van der Waals surface area contributed by atoms with Crippen LogP contribution in [0.1, 0.15) is 23.2 Å². The number of pyridine rings is 1. The summed E-state index contributed by atoms with van der Waals surface area (Å²) in [4.78, 5) is 24.2. The van der Waals surface area contributed by atoms with Gasteiger partial charge < -0.3 is 20.1 Å². The summed E-state index contributed by atoms with van der Waals surface area (Å²) in [6.45, 7) is 4.87. The fourth-order valence-corrected chi connectivity index (χ4v) is 2.48. The van der Waals surface area contributed by atoms with Gasteiger partial charge in [0.2, 0.25) is 5.89 Å². The highest BCUT2D eigenvalue weighted by molar-refractivity contribution is 5.97. The zero-order valence-electron chi connectivity index (χ0n) is 12.4. The molecule has 2 N–H and O–H groups in total. The zero-order chi connectivity index (χ0) is 15.5. The number of aryl methyl sites for hydroxylation is 1. The average molecular weight is 302 g/mol. The molecule has 1 aliphatic heterocycles. The number of hydrogen-bond acceptors (Lipinski definition) is 7. The maximum atomic E-state index is 11.5. The minimum absolute atomic E-state index is 0.448. The van der Waals surface area contributed by atoms with Crippen LogP contribution in [0.15, 0.2) is 22.9 Å². The fraction of sp³-hybridized carbons (Fsp3) is 0.429. The molecule has 0 aliphatic carbocycles. The highest BCUT2D eigenvalue weighted by atomic mass is 16.5. The lowest BCUT2D eigenvalue weighted by molar-refractivity contribution is 0.100. The molecule has 3 heterocycles. The Morgan fingerprint density at radius 2 is 2.05 bits per heavy atom. The van der Waals surface area contributed by atoms with E-state index in [1.165, 1.54) is 0 Å². The van der Waals surface area contributed by atoms with Crippen LogP contribution in [0.25, 0.3) is 0 Å². The minimum atomic E-state index is -0.462. The third kappa shape index (κ3) is 2.72. The van der Waals surface area contributed by atoms with Crippen molar-refractivity contribution in [3.63, 3.8) is 0 Å². The normalized spacial score (nSPS) is 15.1. The van der Waals surface area contributed by atoms with Crippen molar-refractivity contribution >= 4 is 17.7 Å². The Bertz CT molecular complexity index is 663. The molecule has 2 aromatic heterocycles. The average Bonchev–Trinajstić information content (AvgIpc) is 3.04. The molecule has 0 aromatic carbocycles. The van der Waals surface area contributed by atoms with Gasteiger partial charge in [0.25, 0.3) is 11.9 Å². The zero-order valence-corrected chi connectivity index (χ0v) is 12.4. The van der Waals surface area contributed by atoms with E-state index in [0.29, 0.717) is 36.3 Å². The lowest BCUT2D eigenvalue weighted by Crippen LogP contribution is -2.47. The SMILES string of the molecule is CCc1nc(N2CCN(c3ncccc3C(N)=O)CC2)no1. The van der Waals surface area contributed by atoms with Gasteiger partial charge in [-0.15, -0.1) is 0 Å². The molecule has 0 spiro atoms. The Morgan fingerprint density at radius 3 is 2.68 bits per heavy atom. The van der Waals surface area contributed by atoms with E-state index in [-0.39, 0.29) is 0 Å². The molecule has 0 unspecified atom stereocenters. The van der Waals surface area contributed by atoms with Crippen LogP contribution in [0.2, 0.25) is 0 Å². The number of carbonyl (C=O) groups excluding carboxylic acids is 1. The van der Waals surface area contributed by atoms with E-state index in [9.17, 15) is 4.79 Å². The Balaban J connectivity index is 1.70.